The van der Waals surface area contributed by atoms with E-state index in [1.165, 1.54) is 48.5 Å². The van der Waals surface area contributed by atoms with Crippen LogP contribution in [0.4, 0.5) is 19.4 Å². The maximum Gasteiger partial charge on any atom is 0.412 e. The predicted octanol–water partition coefficient (Wildman–Crippen LogP) is 3.03. The molecule has 4 N–H and O–H groups in total. The molecule has 3 amide bonds. The van der Waals surface area contributed by atoms with Gasteiger partial charge >= 0.3 is 6.09 Å². The molecular formula is C27H29ClF2N4O6. The average Bonchev–Trinajstić information content (AvgIpc) is 2.93. The summed E-state index contributed by atoms with van der Waals surface area (Å²) in [7, 11) is 1.43. The second kappa shape index (κ2) is 14.5. The Morgan fingerprint density at radius 2 is 1.93 bits per heavy atom. The number of aromatic nitrogens is 1. The third kappa shape index (κ3) is 8.83. The van der Waals surface area contributed by atoms with Crippen molar-refractivity contribution in [1.29, 1.82) is 0 Å². The van der Waals surface area contributed by atoms with E-state index in [9.17, 15) is 28.3 Å². The van der Waals surface area contributed by atoms with Gasteiger partial charge in [-0.15, -0.1) is 0 Å². The minimum absolute atomic E-state index is 0.0647. The molecule has 1 aromatic heterocycles. The highest BCUT2D eigenvalue weighted by Crippen LogP contribution is 2.22. The van der Waals surface area contributed by atoms with E-state index in [2.05, 4.69) is 15.6 Å². The number of carbonyl (C=O) groups is 3. The Kier molecular flexibility index (Phi) is 11.1. The molecule has 13 heteroatoms. The predicted molar refractivity (Wildman–Crippen MR) is 144 cm³/mol. The largest absolute Gasteiger partial charge is 0.447 e. The second-order valence-electron chi connectivity index (χ2n) is 9.00. The molecule has 3 rings (SSSR count). The van der Waals surface area contributed by atoms with Crippen molar-refractivity contribution in [2.45, 2.75) is 31.4 Å². The number of hydrogen-bond acceptors (Lipinski definition) is 7. The first kappa shape index (κ1) is 30.7. The first-order valence-corrected chi connectivity index (χ1v) is 12.7. The van der Waals surface area contributed by atoms with Crippen LogP contribution in [-0.2, 0) is 20.7 Å². The van der Waals surface area contributed by atoms with Crippen LogP contribution in [0.25, 0.3) is 10.8 Å². The Bertz CT molecular complexity index is 1360. The summed E-state index contributed by atoms with van der Waals surface area (Å²) in [6, 6.07) is 8.95. The topological polar surface area (TPSA) is 141 Å². The lowest BCUT2D eigenvalue weighted by Gasteiger charge is -2.28. The number of carbonyl (C=O) groups excluding carboxylic acids is 3. The number of aryl methyl sites for hydroxylation is 1. The number of fused-ring (bicyclic) bond motifs is 1. The molecule has 10 nitrogen and oxygen atoms in total. The Balaban J connectivity index is 1.64. The first-order chi connectivity index (χ1) is 19.1. The van der Waals surface area contributed by atoms with Crippen LogP contribution in [0, 0.1) is 11.6 Å². The number of rotatable bonds is 12. The van der Waals surface area contributed by atoms with E-state index in [4.69, 9.17) is 21.4 Å². The van der Waals surface area contributed by atoms with Crippen LogP contribution < -0.4 is 10.6 Å². The smallest absolute Gasteiger partial charge is 0.412 e. The molecule has 3 aromatic rings. The van der Waals surface area contributed by atoms with Gasteiger partial charge < -0.3 is 25.2 Å². The number of amides is 3. The number of aliphatic hydroxyl groups excluding tert-OH is 2. The normalized spacial score (nSPS) is 12.4. The third-order valence-corrected chi connectivity index (χ3v) is 6.49. The molecule has 0 saturated heterocycles. The molecule has 0 aliphatic rings. The van der Waals surface area contributed by atoms with Gasteiger partial charge in [0.2, 0.25) is 11.8 Å². The summed E-state index contributed by atoms with van der Waals surface area (Å²) in [4.78, 5) is 43.2. The Morgan fingerprint density at radius 3 is 2.67 bits per heavy atom. The van der Waals surface area contributed by atoms with Gasteiger partial charge in [0.25, 0.3) is 0 Å². The summed E-state index contributed by atoms with van der Waals surface area (Å²) in [5, 5.41) is 24.4. The van der Waals surface area contributed by atoms with Crippen LogP contribution in [-0.4, -0.2) is 77.0 Å². The number of ether oxygens (including phenoxy) is 1. The zero-order valence-corrected chi connectivity index (χ0v) is 22.3. The van der Waals surface area contributed by atoms with Crippen LogP contribution in [0.1, 0.15) is 18.4 Å². The number of hydrogen-bond donors (Lipinski definition) is 4. The molecule has 0 saturated carbocycles. The van der Waals surface area contributed by atoms with Crippen LogP contribution in [0.2, 0.25) is 5.02 Å². The van der Waals surface area contributed by atoms with Gasteiger partial charge in [-0.1, -0.05) is 23.7 Å². The standard InChI is InChI=1S/C27H29ClF2N4O6/c1-34(25(38)8-6-16-3-2-4-22(30)26(16)28)20(11-24(37)32-13-21(36)14-35)15-40-27(39)33-23-10-18-9-19(29)7-5-17(18)12-31-23/h2-5,7,9-10,12,20-21,35-36H,6,8,11,13-15H2,1H3,(H,32,37)(H,31,33,39)/t20-,21?/m0/s1. The molecule has 0 bridgehead atoms. The fourth-order valence-electron chi connectivity index (χ4n) is 3.75. The lowest BCUT2D eigenvalue weighted by Crippen LogP contribution is -2.45. The Labute approximate surface area is 233 Å². The monoisotopic (exact) mass is 578 g/mol. The van der Waals surface area contributed by atoms with Gasteiger partial charge in [-0.05, 0) is 47.7 Å². The molecule has 2 atom stereocenters. The molecular weight excluding hydrogens is 550 g/mol. The number of aliphatic hydroxyl groups is 2. The van der Waals surface area contributed by atoms with Crippen molar-refractivity contribution in [3.05, 3.63) is 70.9 Å². The van der Waals surface area contributed by atoms with E-state index in [1.807, 2.05) is 0 Å². The van der Waals surface area contributed by atoms with Gasteiger partial charge in [0, 0.05) is 31.6 Å². The average molecular weight is 579 g/mol. The van der Waals surface area contributed by atoms with E-state index in [0.717, 1.165) is 0 Å². The number of pyridine rings is 1. The van der Waals surface area contributed by atoms with Gasteiger partial charge in [0.1, 0.15) is 24.1 Å². The van der Waals surface area contributed by atoms with Crippen LogP contribution in [0.15, 0.2) is 48.7 Å². The summed E-state index contributed by atoms with van der Waals surface area (Å²) < 4.78 is 32.5. The van der Waals surface area contributed by atoms with Gasteiger partial charge in [-0.2, -0.15) is 0 Å². The van der Waals surface area contributed by atoms with E-state index < -0.39 is 48.3 Å². The van der Waals surface area contributed by atoms with Gasteiger partial charge in [0.05, 0.1) is 30.2 Å². The minimum Gasteiger partial charge on any atom is -0.447 e. The van der Waals surface area contributed by atoms with E-state index in [1.54, 1.807) is 12.1 Å². The van der Waals surface area contributed by atoms with E-state index in [-0.39, 0.29) is 43.3 Å². The molecule has 214 valence electrons. The summed E-state index contributed by atoms with van der Waals surface area (Å²) in [6.45, 7) is -1.15. The summed E-state index contributed by atoms with van der Waals surface area (Å²) >= 11 is 5.97. The van der Waals surface area contributed by atoms with E-state index >= 15 is 0 Å². The highest BCUT2D eigenvalue weighted by molar-refractivity contribution is 6.31. The molecule has 2 aromatic carbocycles. The van der Waals surface area contributed by atoms with Crippen molar-refractivity contribution >= 4 is 46.1 Å². The van der Waals surface area contributed by atoms with Crippen molar-refractivity contribution in [3.63, 3.8) is 0 Å². The van der Waals surface area contributed by atoms with Crippen LogP contribution in [0.5, 0.6) is 0 Å². The summed E-state index contributed by atoms with van der Waals surface area (Å²) in [5.41, 5.74) is 0.439. The minimum atomic E-state index is -1.16. The molecule has 0 aliphatic heterocycles. The van der Waals surface area contributed by atoms with Gasteiger partial charge in [0.15, 0.2) is 0 Å². The van der Waals surface area contributed by atoms with Crippen molar-refractivity contribution in [3.8, 4) is 0 Å². The lowest BCUT2D eigenvalue weighted by atomic mass is 10.1. The summed E-state index contributed by atoms with van der Waals surface area (Å²) in [5.74, 6) is -1.94. The Hall–Kier alpha value is -3.87. The molecule has 0 fully saturated rings. The highest BCUT2D eigenvalue weighted by Gasteiger charge is 2.25. The fourth-order valence-corrected chi connectivity index (χ4v) is 3.97. The second-order valence-corrected chi connectivity index (χ2v) is 9.38. The van der Waals surface area contributed by atoms with Gasteiger partial charge in [-0.3, -0.25) is 14.9 Å². The number of benzene rings is 2. The zero-order valence-electron chi connectivity index (χ0n) is 21.6. The number of anilines is 1. The molecule has 0 radical (unpaired) electrons. The zero-order chi connectivity index (χ0) is 29.2. The van der Waals surface area contributed by atoms with Crippen molar-refractivity contribution < 1.29 is 38.1 Å². The number of likely N-dealkylation sites (N-methyl/N-ethyl adjacent to an activating group) is 1. The van der Waals surface area contributed by atoms with Gasteiger partial charge in [-0.25, -0.2) is 18.6 Å². The molecule has 40 heavy (non-hydrogen) atoms. The molecule has 1 heterocycles. The number of nitrogens with one attached hydrogen (secondary N) is 2. The SMILES string of the molecule is CN(C(=O)CCc1cccc(F)c1Cl)[C@H](COC(=O)Nc1cc2cc(F)ccc2cn1)CC(=O)NCC(O)CO. The van der Waals surface area contributed by atoms with E-state index in [0.29, 0.717) is 16.3 Å². The maximum atomic E-state index is 13.7. The quantitative estimate of drug-likeness (QED) is 0.259. The highest BCUT2D eigenvalue weighted by atomic mass is 35.5. The third-order valence-electron chi connectivity index (χ3n) is 6.07. The molecule has 0 aliphatic carbocycles. The molecule has 0 spiro atoms. The maximum absolute atomic E-state index is 13.7. The van der Waals surface area contributed by atoms with Crippen LogP contribution >= 0.6 is 11.6 Å². The first-order valence-electron chi connectivity index (χ1n) is 12.3. The summed E-state index contributed by atoms with van der Waals surface area (Å²) in [6.07, 6.45) is -0.848. The lowest BCUT2D eigenvalue weighted by molar-refractivity contribution is -0.134. The van der Waals surface area contributed by atoms with Crippen molar-refractivity contribution in [1.82, 2.24) is 15.2 Å². The van der Waals surface area contributed by atoms with Crippen LogP contribution in [0.3, 0.4) is 0 Å². The van der Waals surface area contributed by atoms with Crippen molar-refractivity contribution in [2.24, 2.45) is 0 Å². The number of halogens is 3. The fraction of sp³-hybridized carbons (Fsp3) is 0.333. The van der Waals surface area contributed by atoms with Crippen molar-refractivity contribution in [2.75, 3.05) is 32.1 Å². The molecule has 1 unspecified atom stereocenters. The number of nitrogens with zero attached hydrogens (tertiary/aromatic N) is 2. The Morgan fingerprint density at radius 1 is 1.15 bits per heavy atom.